The summed E-state index contributed by atoms with van der Waals surface area (Å²) in [6, 6.07) is 3.52. The predicted octanol–water partition coefficient (Wildman–Crippen LogP) is 4.75. The number of anilines is 1. The fourth-order valence-corrected chi connectivity index (χ4v) is 5.22. The number of carboxylic acids is 1. The van der Waals surface area contributed by atoms with E-state index in [0.29, 0.717) is 24.5 Å². The zero-order chi connectivity index (χ0) is 24.1. The molecule has 184 valence electrons. The molecule has 0 bridgehead atoms. The summed E-state index contributed by atoms with van der Waals surface area (Å²) in [7, 11) is 0. The van der Waals surface area contributed by atoms with E-state index in [-0.39, 0.29) is 22.1 Å². The van der Waals surface area contributed by atoms with Crippen LogP contribution in [-0.4, -0.2) is 46.3 Å². The number of nitrogens with zero attached hydrogens (tertiary/aromatic N) is 2. The second-order valence-electron chi connectivity index (χ2n) is 8.96. The van der Waals surface area contributed by atoms with Crippen molar-refractivity contribution in [2.75, 3.05) is 18.5 Å². The fourth-order valence-electron chi connectivity index (χ4n) is 4.44. The molecule has 0 radical (unpaired) electrons. The minimum Gasteiger partial charge on any atom is -0.480 e. The van der Waals surface area contributed by atoms with Crippen LogP contribution in [0.1, 0.15) is 48.9 Å². The number of hydrogen-bond acceptors (Lipinski definition) is 6. The molecule has 34 heavy (non-hydrogen) atoms. The van der Waals surface area contributed by atoms with Gasteiger partial charge in [0.25, 0.3) is 0 Å². The van der Waals surface area contributed by atoms with E-state index in [0.717, 1.165) is 56.6 Å². The van der Waals surface area contributed by atoms with Crippen molar-refractivity contribution in [2.45, 2.75) is 63.6 Å². The quantitative estimate of drug-likeness (QED) is 0.344. The van der Waals surface area contributed by atoms with Gasteiger partial charge in [0, 0.05) is 37.2 Å². The Bertz CT molecular complexity index is 1020. The molecule has 1 aliphatic carbocycles. The first-order valence-electron chi connectivity index (χ1n) is 11.7. The topological polar surface area (TPSA) is 96.4 Å². The SMILES string of the molecule is O=C(O)[C@H](CCOC1CC(CCc2ccc3c(n2)NCCC3)C1)NCc1c(Cl)cnc(F)c1Br. The number of fused-ring (bicyclic) bond motifs is 1. The van der Waals surface area contributed by atoms with Gasteiger partial charge < -0.3 is 20.5 Å². The first kappa shape index (κ1) is 25.3. The number of aryl methyl sites for hydroxylation is 2. The van der Waals surface area contributed by atoms with Gasteiger partial charge in [0.2, 0.25) is 5.95 Å². The van der Waals surface area contributed by atoms with E-state index in [4.69, 9.17) is 21.3 Å². The number of carbonyl (C=O) groups is 1. The molecule has 1 fully saturated rings. The smallest absolute Gasteiger partial charge is 0.320 e. The van der Waals surface area contributed by atoms with Crippen LogP contribution in [-0.2, 0) is 28.9 Å². The monoisotopic (exact) mass is 554 g/mol. The first-order chi connectivity index (χ1) is 16.4. The normalized spacial score (nSPS) is 20.2. The Morgan fingerprint density at radius 1 is 1.41 bits per heavy atom. The molecule has 3 heterocycles. The highest BCUT2D eigenvalue weighted by Crippen LogP contribution is 2.34. The number of carboxylic acid groups (broad SMARTS) is 1. The zero-order valence-electron chi connectivity index (χ0n) is 18.8. The van der Waals surface area contributed by atoms with Crippen molar-refractivity contribution in [3.63, 3.8) is 0 Å². The highest BCUT2D eigenvalue weighted by atomic mass is 79.9. The van der Waals surface area contributed by atoms with Crippen LogP contribution in [0.25, 0.3) is 0 Å². The molecule has 2 aromatic heterocycles. The molecule has 2 aromatic rings. The van der Waals surface area contributed by atoms with Crippen molar-refractivity contribution in [3.05, 3.63) is 50.6 Å². The molecule has 1 aliphatic heterocycles. The molecule has 0 saturated heterocycles. The van der Waals surface area contributed by atoms with Crippen LogP contribution in [0.2, 0.25) is 5.02 Å². The van der Waals surface area contributed by atoms with E-state index in [9.17, 15) is 14.3 Å². The number of halogens is 3. The average Bonchev–Trinajstić information content (AvgIpc) is 2.80. The van der Waals surface area contributed by atoms with E-state index >= 15 is 0 Å². The number of ether oxygens (including phenoxy) is 1. The molecular formula is C24H29BrClFN4O3. The largest absolute Gasteiger partial charge is 0.480 e. The minimum absolute atomic E-state index is 0.105. The Labute approximate surface area is 212 Å². The summed E-state index contributed by atoms with van der Waals surface area (Å²) in [5.74, 6) is -0.00644. The van der Waals surface area contributed by atoms with E-state index < -0.39 is 18.0 Å². The van der Waals surface area contributed by atoms with Crippen LogP contribution in [0.4, 0.5) is 10.2 Å². The van der Waals surface area contributed by atoms with E-state index in [2.05, 4.69) is 43.7 Å². The van der Waals surface area contributed by atoms with Crippen molar-refractivity contribution in [1.29, 1.82) is 0 Å². The minimum atomic E-state index is -0.983. The van der Waals surface area contributed by atoms with Gasteiger partial charge in [-0.3, -0.25) is 4.79 Å². The average molecular weight is 556 g/mol. The van der Waals surface area contributed by atoms with Gasteiger partial charge in [-0.15, -0.1) is 0 Å². The molecule has 0 unspecified atom stereocenters. The van der Waals surface area contributed by atoms with Gasteiger partial charge in [-0.2, -0.15) is 4.39 Å². The third-order valence-electron chi connectivity index (χ3n) is 6.56. The van der Waals surface area contributed by atoms with Gasteiger partial charge >= 0.3 is 5.97 Å². The summed E-state index contributed by atoms with van der Waals surface area (Å²) in [5.41, 5.74) is 2.88. The first-order valence-corrected chi connectivity index (χ1v) is 12.9. The maximum absolute atomic E-state index is 13.6. The van der Waals surface area contributed by atoms with Crippen LogP contribution < -0.4 is 10.6 Å². The summed E-state index contributed by atoms with van der Waals surface area (Å²) < 4.78 is 19.7. The molecule has 10 heteroatoms. The highest BCUT2D eigenvalue weighted by Gasteiger charge is 2.30. The maximum atomic E-state index is 13.6. The standard InChI is InChI=1S/C24H29BrClFN4O3/c25-21-18(19(26)13-30-22(21)27)12-29-20(24(32)33)7-9-34-17-10-14(11-17)3-5-16-6-4-15-2-1-8-28-23(15)31-16/h4,6,13-14,17,20,29H,1-3,5,7-12H2,(H,28,31)(H,32,33)/t14?,17?,20-/m0/s1. The van der Waals surface area contributed by atoms with Gasteiger partial charge in [-0.05, 0) is 78.4 Å². The molecule has 0 aromatic carbocycles. The van der Waals surface area contributed by atoms with Crippen LogP contribution in [0.15, 0.2) is 22.8 Å². The Balaban J connectivity index is 1.15. The molecule has 7 nitrogen and oxygen atoms in total. The predicted molar refractivity (Wildman–Crippen MR) is 132 cm³/mol. The van der Waals surface area contributed by atoms with E-state index in [1.54, 1.807) is 0 Å². The molecule has 2 aliphatic rings. The number of hydrogen-bond donors (Lipinski definition) is 3. The lowest BCUT2D eigenvalue weighted by molar-refractivity contribution is -0.140. The maximum Gasteiger partial charge on any atom is 0.320 e. The van der Waals surface area contributed by atoms with Crippen molar-refractivity contribution in [1.82, 2.24) is 15.3 Å². The number of nitrogens with one attached hydrogen (secondary N) is 2. The number of rotatable bonds is 11. The lowest BCUT2D eigenvalue weighted by atomic mass is 9.79. The van der Waals surface area contributed by atoms with Crippen molar-refractivity contribution in [2.24, 2.45) is 5.92 Å². The molecule has 1 atom stereocenters. The summed E-state index contributed by atoms with van der Waals surface area (Å²) in [6.45, 7) is 1.45. The molecule has 1 saturated carbocycles. The van der Waals surface area contributed by atoms with Crippen molar-refractivity contribution < 1.29 is 19.0 Å². The fraction of sp³-hybridized carbons (Fsp3) is 0.542. The summed E-state index contributed by atoms with van der Waals surface area (Å²) >= 11 is 9.18. The van der Waals surface area contributed by atoms with E-state index in [1.165, 1.54) is 11.8 Å². The third-order valence-corrected chi connectivity index (χ3v) is 7.69. The van der Waals surface area contributed by atoms with Gasteiger partial charge in [0.1, 0.15) is 11.9 Å². The Kier molecular flexibility index (Phi) is 8.74. The van der Waals surface area contributed by atoms with Crippen LogP contribution in [0, 0.1) is 11.9 Å². The van der Waals surface area contributed by atoms with Crippen molar-refractivity contribution >= 4 is 39.3 Å². The molecule has 4 rings (SSSR count). The lowest BCUT2D eigenvalue weighted by Gasteiger charge is -2.35. The van der Waals surface area contributed by atoms with Crippen LogP contribution >= 0.6 is 27.5 Å². The van der Waals surface area contributed by atoms with Gasteiger partial charge in [-0.25, -0.2) is 9.97 Å². The third kappa shape index (κ3) is 6.44. The van der Waals surface area contributed by atoms with Gasteiger partial charge in [-0.1, -0.05) is 17.7 Å². The Hall–Kier alpha value is -1.81. The van der Waals surface area contributed by atoms with E-state index in [1.807, 2.05) is 0 Å². The highest BCUT2D eigenvalue weighted by molar-refractivity contribution is 9.10. The molecule has 0 spiro atoms. The summed E-state index contributed by atoms with van der Waals surface area (Å²) in [5, 5.41) is 16.1. The second-order valence-corrected chi connectivity index (χ2v) is 10.2. The number of aromatic nitrogens is 2. The Morgan fingerprint density at radius 3 is 3.03 bits per heavy atom. The van der Waals surface area contributed by atoms with Crippen LogP contribution in [0.3, 0.4) is 0 Å². The van der Waals surface area contributed by atoms with Crippen LogP contribution in [0.5, 0.6) is 0 Å². The number of pyridine rings is 2. The second kappa shape index (κ2) is 11.7. The van der Waals surface area contributed by atoms with Gasteiger partial charge in [0.05, 0.1) is 15.6 Å². The van der Waals surface area contributed by atoms with Crippen molar-refractivity contribution in [3.8, 4) is 0 Å². The molecule has 0 amide bonds. The lowest BCUT2D eigenvalue weighted by Crippen LogP contribution is -2.39. The summed E-state index contributed by atoms with van der Waals surface area (Å²) in [4.78, 5) is 19.9. The summed E-state index contributed by atoms with van der Waals surface area (Å²) in [6.07, 6.45) is 8.00. The Morgan fingerprint density at radius 2 is 2.24 bits per heavy atom. The number of aliphatic carboxylic acids is 1. The zero-order valence-corrected chi connectivity index (χ0v) is 21.2. The van der Waals surface area contributed by atoms with Gasteiger partial charge in [0.15, 0.2) is 0 Å². The molecular weight excluding hydrogens is 527 g/mol. The molecule has 3 N–H and O–H groups in total.